The summed E-state index contributed by atoms with van der Waals surface area (Å²) < 4.78 is 5.72. The molecule has 1 heterocycles. The molecule has 2 rings (SSSR count). The van der Waals surface area contributed by atoms with Crippen LogP contribution in [0.5, 0.6) is 5.75 Å². The number of hydrogen-bond acceptors (Lipinski definition) is 5. The van der Waals surface area contributed by atoms with E-state index >= 15 is 0 Å². The van der Waals surface area contributed by atoms with E-state index in [1.54, 1.807) is 0 Å². The van der Waals surface area contributed by atoms with E-state index in [-0.39, 0.29) is 11.8 Å². The largest absolute Gasteiger partial charge is 0.492 e. The van der Waals surface area contributed by atoms with Crippen molar-refractivity contribution in [3.8, 4) is 5.75 Å². The zero-order valence-electron chi connectivity index (χ0n) is 15.2. The molecule has 0 aromatic heterocycles. The first kappa shape index (κ1) is 20.5. The van der Waals surface area contributed by atoms with Crippen LogP contribution < -0.4 is 15.4 Å². The van der Waals surface area contributed by atoms with Crippen molar-refractivity contribution in [3.63, 3.8) is 0 Å². The maximum atomic E-state index is 11.9. The van der Waals surface area contributed by atoms with Crippen LogP contribution in [0.3, 0.4) is 0 Å². The van der Waals surface area contributed by atoms with Crippen molar-refractivity contribution >= 4 is 23.4 Å². The molecule has 0 spiro atoms. The maximum absolute atomic E-state index is 11.9. The fourth-order valence-electron chi connectivity index (χ4n) is 2.69. The number of halogens is 1. The highest BCUT2D eigenvalue weighted by Gasteiger charge is 2.18. The predicted molar refractivity (Wildman–Crippen MR) is 102 cm³/mol. The molecule has 1 aliphatic heterocycles. The van der Waals surface area contributed by atoms with E-state index in [4.69, 9.17) is 16.3 Å². The average Bonchev–Trinajstić information content (AvgIpc) is 2.62. The number of nitrogens with zero attached hydrogens (tertiary/aromatic N) is 2. The Bertz CT molecular complexity index is 574. The van der Waals surface area contributed by atoms with Gasteiger partial charge in [-0.2, -0.15) is 0 Å². The monoisotopic (exact) mass is 382 g/mol. The zero-order valence-corrected chi connectivity index (χ0v) is 15.9. The topological polar surface area (TPSA) is 73.9 Å². The van der Waals surface area contributed by atoms with Crippen LogP contribution in [0.25, 0.3) is 0 Å². The van der Waals surface area contributed by atoms with E-state index < -0.39 is 0 Å². The molecule has 1 aliphatic rings. The Kier molecular flexibility index (Phi) is 8.67. The highest BCUT2D eigenvalue weighted by Crippen LogP contribution is 2.15. The Morgan fingerprint density at radius 3 is 2.31 bits per heavy atom. The van der Waals surface area contributed by atoms with Crippen LogP contribution in [-0.2, 0) is 9.59 Å². The van der Waals surface area contributed by atoms with Crippen molar-refractivity contribution in [1.82, 2.24) is 20.4 Å². The number of ether oxygens (including phenoxy) is 1. The number of piperazine rings is 1. The Morgan fingerprint density at radius 2 is 1.65 bits per heavy atom. The Labute approximate surface area is 159 Å². The van der Waals surface area contributed by atoms with E-state index in [9.17, 15) is 9.59 Å². The van der Waals surface area contributed by atoms with Gasteiger partial charge in [0.15, 0.2) is 0 Å². The number of rotatable bonds is 9. The van der Waals surface area contributed by atoms with Crippen molar-refractivity contribution in [2.24, 2.45) is 0 Å². The molecule has 8 heteroatoms. The van der Waals surface area contributed by atoms with Gasteiger partial charge in [0.1, 0.15) is 12.4 Å². The molecule has 1 aromatic carbocycles. The first-order chi connectivity index (χ1) is 12.5. The zero-order chi connectivity index (χ0) is 18.8. The molecule has 1 fully saturated rings. The van der Waals surface area contributed by atoms with Gasteiger partial charge in [-0.3, -0.25) is 19.4 Å². The lowest BCUT2D eigenvalue weighted by Gasteiger charge is -2.34. The Morgan fingerprint density at radius 1 is 1.04 bits per heavy atom. The van der Waals surface area contributed by atoms with Crippen molar-refractivity contribution in [1.29, 1.82) is 0 Å². The first-order valence-corrected chi connectivity index (χ1v) is 9.25. The minimum absolute atomic E-state index is 0.00475. The SMILES string of the molecule is CC(=O)NCCNC(=O)CN1CCN(CCOc2ccc(Cl)cc2)CC1. The summed E-state index contributed by atoms with van der Waals surface area (Å²) >= 11 is 5.85. The number of amides is 2. The van der Waals surface area contributed by atoms with Crippen molar-refractivity contribution in [2.45, 2.75) is 6.92 Å². The van der Waals surface area contributed by atoms with Crippen LogP contribution in [0.2, 0.25) is 5.02 Å². The summed E-state index contributed by atoms with van der Waals surface area (Å²) in [7, 11) is 0. The highest BCUT2D eigenvalue weighted by atomic mass is 35.5. The number of benzene rings is 1. The fourth-order valence-corrected chi connectivity index (χ4v) is 2.82. The Balaban J connectivity index is 1.54. The number of carbonyl (C=O) groups is 2. The third-order valence-electron chi connectivity index (χ3n) is 4.14. The standard InChI is InChI=1S/C18H27ClN4O3/c1-15(24)20-6-7-21-18(25)14-23-10-8-22(9-11-23)12-13-26-17-4-2-16(19)3-5-17/h2-5H,6-14H2,1H3,(H,20,24)(H,21,25). The lowest BCUT2D eigenvalue weighted by atomic mass is 10.3. The Hall–Kier alpha value is -1.83. The summed E-state index contributed by atoms with van der Waals surface area (Å²) in [5, 5.41) is 6.17. The molecule has 1 saturated heterocycles. The van der Waals surface area contributed by atoms with E-state index in [0.717, 1.165) is 38.5 Å². The second kappa shape index (κ2) is 11.0. The third kappa shape index (κ3) is 8.03. The normalized spacial score (nSPS) is 15.5. The summed E-state index contributed by atoms with van der Waals surface area (Å²) in [6.07, 6.45) is 0. The smallest absolute Gasteiger partial charge is 0.234 e. The summed E-state index contributed by atoms with van der Waals surface area (Å²) in [6.45, 7) is 7.83. The molecule has 2 N–H and O–H groups in total. The predicted octanol–water partition coefficient (Wildman–Crippen LogP) is 0.589. The van der Waals surface area contributed by atoms with Gasteiger partial charge in [0.2, 0.25) is 11.8 Å². The van der Waals surface area contributed by atoms with Gasteiger partial charge in [0.05, 0.1) is 6.54 Å². The molecule has 0 unspecified atom stereocenters. The summed E-state index contributed by atoms with van der Waals surface area (Å²) in [5.74, 6) is 0.731. The molecule has 0 aliphatic carbocycles. The average molecular weight is 383 g/mol. The van der Waals surface area contributed by atoms with Crippen LogP contribution in [0, 0.1) is 0 Å². The molecular formula is C18H27ClN4O3. The summed E-state index contributed by atoms with van der Waals surface area (Å²) in [5.41, 5.74) is 0. The summed E-state index contributed by atoms with van der Waals surface area (Å²) in [6, 6.07) is 7.36. The number of carbonyl (C=O) groups excluding carboxylic acids is 2. The molecule has 0 bridgehead atoms. The second-order valence-corrected chi connectivity index (χ2v) is 6.69. The number of hydrogen-bond donors (Lipinski definition) is 2. The van der Waals surface area contributed by atoms with Gasteiger partial charge < -0.3 is 15.4 Å². The van der Waals surface area contributed by atoms with Crippen LogP contribution in [0.15, 0.2) is 24.3 Å². The lowest BCUT2D eigenvalue weighted by Crippen LogP contribution is -2.50. The van der Waals surface area contributed by atoms with E-state index in [1.165, 1.54) is 6.92 Å². The molecule has 0 radical (unpaired) electrons. The quantitative estimate of drug-likeness (QED) is 0.611. The highest BCUT2D eigenvalue weighted by molar-refractivity contribution is 6.30. The molecule has 1 aromatic rings. The van der Waals surface area contributed by atoms with Gasteiger partial charge in [-0.25, -0.2) is 0 Å². The molecule has 7 nitrogen and oxygen atoms in total. The van der Waals surface area contributed by atoms with Crippen molar-refractivity contribution in [3.05, 3.63) is 29.3 Å². The van der Waals surface area contributed by atoms with Gasteiger partial charge >= 0.3 is 0 Å². The molecular weight excluding hydrogens is 356 g/mol. The molecule has 0 saturated carbocycles. The van der Waals surface area contributed by atoms with Gasteiger partial charge in [0, 0.05) is 57.8 Å². The van der Waals surface area contributed by atoms with Crippen LogP contribution in [0.4, 0.5) is 0 Å². The molecule has 26 heavy (non-hydrogen) atoms. The molecule has 0 atom stereocenters. The second-order valence-electron chi connectivity index (χ2n) is 6.25. The van der Waals surface area contributed by atoms with Gasteiger partial charge in [0.25, 0.3) is 0 Å². The lowest BCUT2D eigenvalue weighted by molar-refractivity contribution is -0.123. The molecule has 144 valence electrons. The summed E-state index contributed by atoms with van der Waals surface area (Å²) in [4.78, 5) is 27.1. The van der Waals surface area contributed by atoms with Crippen molar-refractivity contribution < 1.29 is 14.3 Å². The third-order valence-corrected chi connectivity index (χ3v) is 4.40. The van der Waals surface area contributed by atoms with Crippen LogP contribution in [-0.4, -0.2) is 80.6 Å². The number of nitrogens with one attached hydrogen (secondary N) is 2. The fraction of sp³-hybridized carbons (Fsp3) is 0.556. The van der Waals surface area contributed by atoms with Crippen molar-refractivity contribution in [2.75, 3.05) is 59.0 Å². The van der Waals surface area contributed by atoms with E-state index in [2.05, 4.69) is 20.4 Å². The maximum Gasteiger partial charge on any atom is 0.234 e. The molecule has 2 amide bonds. The van der Waals surface area contributed by atoms with E-state index in [1.807, 2.05) is 24.3 Å². The van der Waals surface area contributed by atoms with Crippen LogP contribution in [0.1, 0.15) is 6.92 Å². The van der Waals surface area contributed by atoms with Gasteiger partial charge in [-0.05, 0) is 24.3 Å². The minimum atomic E-state index is -0.0876. The van der Waals surface area contributed by atoms with Crippen LogP contribution >= 0.6 is 11.6 Å². The van der Waals surface area contributed by atoms with Gasteiger partial charge in [-0.1, -0.05) is 11.6 Å². The minimum Gasteiger partial charge on any atom is -0.492 e. The first-order valence-electron chi connectivity index (χ1n) is 8.87. The van der Waals surface area contributed by atoms with Gasteiger partial charge in [-0.15, -0.1) is 0 Å². The van der Waals surface area contributed by atoms with E-state index in [0.29, 0.717) is 31.3 Å².